The number of hydrogen-bond donors (Lipinski definition) is 1. The standard InChI is InChI=1S/C24H48INO2/c1-4-5-6-7-8-9-10-11-12-13-14-15-17-20-23(25)26(2,3)22-19-16-18-21-24(27)28/h23H,4-22H2,1-3H3/p+1. The highest BCUT2D eigenvalue weighted by atomic mass is 127. The summed E-state index contributed by atoms with van der Waals surface area (Å²) in [4.78, 5) is 10.6. The van der Waals surface area contributed by atoms with Crippen molar-refractivity contribution in [3.63, 3.8) is 0 Å². The largest absolute Gasteiger partial charge is 0.481 e. The van der Waals surface area contributed by atoms with Crippen LogP contribution in [0, 0.1) is 0 Å². The van der Waals surface area contributed by atoms with Crippen molar-refractivity contribution in [2.45, 2.75) is 127 Å². The summed E-state index contributed by atoms with van der Waals surface area (Å²) >= 11 is 2.63. The molecular weight excluding hydrogens is 461 g/mol. The van der Waals surface area contributed by atoms with Gasteiger partial charge in [-0.3, -0.25) is 4.79 Å². The Morgan fingerprint density at radius 2 is 1.18 bits per heavy atom. The molecule has 0 aliphatic heterocycles. The van der Waals surface area contributed by atoms with Gasteiger partial charge in [0.1, 0.15) is 4.05 Å². The quantitative estimate of drug-likeness (QED) is 0.0559. The number of carboxylic acids is 1. The SMILES string of the molecule is CCCCCCCCCCCCCCCC(I)[N+](C)(C)CCCCCC(=O)O. The van der Waals surface area contributed by atoms with Gasteiger partial charge in [0, 0.05) is 12.8 Å². The Morgan fingerprint density at radius 1 is 0.750 bits per heavy atom. The average molecular weight is 511 g/mol. The Bertz CT molecular complexity index is 361. The van der Waals surface area contributed by atoms with Crippen molar-refractivity contribution < 1.29 is 14.4 Å². The smallest absolute Gasteiger partial charge is 0.303 e. The molecule has 0 saturated carbocycles. The highest BCUT2D eigenvalue weighted by Crippen LogP contribution is 2.22. The van der Waals surface area contributed by atoms with Crippen LogP contribution in [0.1, 0.15) is 122 Å². The first-order valence-electron chi connectivity index (χ1n) is 12.1. The van der Waals surface area contributed by atoms with Crippen molar-refractivity contribution in [3.05, 3.63) is 0 Å². The topological polar surface area (TPSA) is 37.3 Å². The Balaban J connectivity index is 3.47. The van der Waals surface area contributed by atoms with Gasteiger partial charge in [-0.15, -0.1) is 0 Å². The van der Waals surface area contributed by atoms with Gasteiger partial charge in [-0.1, -0.05) is 84.0 Å². The van der Waals surface area contributed by atoms with Crippen LogP contribution in [0.15, 0.2) is 0 Å². The molecule has 0 aromatic carbocycles. The minimum Gasteiger partial charge on any atom is -0.481 e. The molecule has 168 valence electrons. The van der Waals surface area contributed by atoms with Crippen LogP contribution in [0.2, 0.25) is 0 Å². The highest BCUT2D eigenvalue weighted by molar-refractivity contribution is 14.1. The molecule has 0 aromatic heterocycles. The van der Waals surface area contributed by atoms with Crippen LogP contribution in [0.3, 0.4) is 0 Å². The average Bonchev–Trinajstić information content (AvgIpc) is 2.64. The molecule has 0 aliphatic rings. The van der Waals surface area contributed by atoms with E-state index < -0.39 is 5.97 Å². The normalized spacial score (nSPS) is 13.0. The summed E-state index contributed by atoms with van der Waals surface area (Å²) in [7, 11) is 4.66. The van der Waals surface area contributed by atoms with Gasteiger partial charge < -0.3 is 9.59 Å². The van der Waals surface area contributed by atoms with Crippen LogP contribution in [-0.4, -0.2) is 40.2 Å². The van der Waals surface area contributed by atoms with Crippen molar-refractivity contribution in [1.29, 1.82) is 0 Å². The lowest BCUT2D eigenvalue weighted by molar-refractivity contribution is -0.896. The molecule has 4 heteroatoms. The zero-order valence-corrected chi connectivity index (χ0v) is 21.4. The highest BCUT2D eigenvalue weighted by Gasteiger charge is 2.24. The predicted molar refractivity (Wildman–Crippen MR) is 131 cm³/mol. The fraction of sp³-hybridized carbons (Fsp3) is 0.958. The molecule has 0 rings (SSSR count). The van der Waals surface area contributed by atoms with E-state index in [1.807, 2.05) is 0 Å². The van der Waals surface area contributed by atoms with Crippen molar-refractivity contribution >= 4 is 28.6 Å². The first kappa shape index (κ1) is 28.2. The fourth-order valence-corrected chi connectivity index (χ4v) is 4.51. The van der Waals surface area contributed by atoms with E-state index in [0.29, 0.717) is 10.5 Å². The third-order valence-electron chi connectivity index (χ3n) is 5.93. The molecule has 0 spiro atoms. The molecule has 0 saturated heterocycles. The maximum absolute atomic E-state index is 10.6. The number of carboxylic acid groups (broad SMARTS) is 1. The second-order valence-electron chi connectivity index (χ2n) is 9.17. The van der Waals surface area contributed by atoms with Crippen LogP contribution < -0.4 is 0 Å². The predicted octanol–water partition coefficient (Wildman–Crippen LogP) is 7.95. The van der Waals surface area contributed by atoms with Gasteiger partial charge in [-0.2, -0.15) is 0 Å². The zero-order valence-electron chi connectivity index (χ0n) is 19.2. The van der Waals surface area contributed by atoms with Crippen LogP contribution in [0.5, 0.6) is 0 Å². The molecule has 0 fully saturated rings. The van der Waals surface area contributed by atoms with Crippen molar-refractivity contribution in [3.8, 4) is 0 Å². The lowest BCUT2D eigenvalue weighted by Crippen LogP contribution is -2.46. The van der Waals surface area contributed by atoms with E-state index >= 15 is 0 Å². The Morgan fingerprint density at radius 3 is 1.64 bits per heavy atom. The second kappa shape index (κ2) is 19.1. The summed E-state index contributed by atoms with van der Waals surface area (Å²) in [6.07, 6.45) is 23.0. The lowest BCUT2D eigenvalue weighted by Gasteiger charge is -2.35. The number of carbonyl (C=O) groups is 1. The molecule has 3 nitrogen and oxygen atoms in total. The van der Waals surface area contributed by atoms with E-state index in [-0.39, 0.29) is 0 Å². The van der Waals surface area contributed by atoms with Crippen LogP contribution in [-0.2, 0) is 4.79 Å². The van der Waals surface area contributed by atoms with E-state index in [4.69, 9.17) is 5.11 Å². The lowest BCUT2D eigenvalue weighted by atomic mass is 10.0. The number of quaternary nitrogens is 1. The molecule has 0 bridgehead atoms. The molecule has 0 heterocycles. The Labute approximate surface area is 189 Å². The first-order valence-corrected chi connectivity index (χ1v) is 13.3. The van der Waals surface area contributed by atoms with Crippen LogP contribution in [0.4, 0.5) is 0 Å². The van der Waals surface area contributed by atoms with E-state index in [1.165, 1.54) is 89.9 Å². The minimum atomic E-state index is -0.664. The monoisotopic (exact) mass is 510 g/mol. The molecule has 1 unspecified atom stereocenters. The zero-order chi connectivity index (χ0) is 21.1. The minimum absolute atomic E-state index is 0.319. The summed E-state index contributed by atoms with van der Waals surface area (Å²) in [5.74, 6) is -0.664. The number of rotatable bonds is 21. The van der Waals surface area contributed by atoms with E-state index in [9.17, 15) is 4.79 Å². The third kappa shape index (κ3) is 18.2. The third-order valence-corrected chi connectivity index (χ3v) is 8.06. The van der Waals surface area contributed by atoms with Crippen molar-refractivity contribution in [2.75, 3.05) is 20.6 Å². The maximum atomic E-state index is 10.6. The van der Waals surface area contributed by atoms with Gasteiger partial charge in [0.2, 0.25) is 0 Å². The number of nitrogens with zero attached hydrogens (tertiary/aromatic N) is 1. The molecule has 0 radical (unpaired) electrons. The molecule has 1 N–H and O–H groups in total. The Hall–Kier alpha value is 0.160. The van der Waals surface area contributed by atoms with E-state index in [2.05, 4.69) is 43.6 Å². The molecule has 0 aromatic rings. The summed E-state index contributed by atoms with van der Waals surface area (Å²) in [6.45, 7) is 3.44. The van der Waals surface area contributed by atoms with Gasteiger partial charge in [0.25, 0.3) is 0 Å². The second-order valence-corrected chi connectivity index (χ2v) is 10.6. The van der Waals surface area contributed by atoms with Crippen molar-refractivity contribution in [1.82, 2.24) is 0 Å². The summed E-state index contributed by atoms with van der Waals surface area (Å²) < 4.78 is 1.73. The molecule has 1 atom stereocenters. The molecule has 0 aliphatic carbocycles. The van der Waals surface area contributed by atoms with Gasteiger partial charge in [-0.05, 0) is 48.3 Å². The van der Waals surface area contributed by atoms with E-state index in [0.717, 1.165) is 30.3 Å². The number of hydrogen-bond acceptors (Lipinski definition) is 1. The van der Waals surface area contributed by atoms with Gasteiger partial charge in [-0.25, -0.2) is 0 Å². The molecular formula is C24H49INO2+. The maximum Gasteiger partial charge on any atom is 0.303 e. The Kier molecular flexibility index (Phi) is 19.3. The van der Waals surface area contributed by atoms with Gasteiger partial charge in [0.05, 0.1) is 20.6 Å². The van der Waals surface area contributed by atoms with Crippen LogP contribution in [0.25, 0.3) is 0 Å². The van der Waals surface area contributed by atoms with Gasteiger partial charge in [0.15, 0.2) is 0 Å². The van der Waals surface area contributed by atoms with Crippen molar-refractivity contribution in [2.24, 2.45) is 0 Å². The number of aliphatic carboxylic acids is 1. The van der Waals surface area contributed by atoms with Crippen LogP contribution >= 0.6 is 22.6 Å². The fourth-order valence-electron chi connectivity index (χ4n) is 3.79. The number of halogens is 1. The summed E-state index contributed by atoms with van der Waals surface area (Å²) in [5, 5.41) is 8.70. The number of unbranched alkanes of at least 4 members (excludes halogenated alkanes) is 14. The first-order chi connectivity index (χ1) is 13.4. The van der Waals surface area contributed by atoms with Gasteiger partial charge >= 0.3 is 5.97 Å². The van der Waals surface area contributed by atoms with E-state index in [1.54, 1.807) is 0 Å². The molecule has 0 amide bonds. The summed E-state index contributed by atoms with van der Waals surface area (Å²) in [5.41, 5.74) is 0. The molecule has 28 heavy (non-hydrogen) atoms. The number of alkyl halides is 1. The summed E-state index contributed by atoms with van der Waals surface area (Å²) in [6, 6.07) is 0.